The summed E-state index contributed by atoms with van der Waals surface area (Å²) in [6, 6.07) is 14.1. The van der Waals surface area contributed by atoms with Gasteiger partial charge in [-0.1, -0.05) is 70.7 Å². The summed E-state index contributed by atoms with van der Waals surface area (Å²) in [6.07, 6.45) is -11.7. The molecule has 4 rings (SSSR count). The number of carbonyl (C=O) groups excluding carboxylic acids is 2. The Balaban J connectivity index is 1.66. The van der Waals surface area contributed by atoms with E-state index in [1.807, 2.05) is 0 Å². The monoisotopic (exact) mass is 678 g/mol. The van der Waals surface area contributed by atoms with Gasteiger partial charge in [0.1, 0.15) is 0 Å². The Kier molecular flexibility index (Phi) is 9.27. The van der Waals surface area contributed by atoms with Gasteiger partial charge in [0.05, 0.1) is 20.1 Å². The molecule has 0 aliphatic carbocycles. The Labute approximate surface area is 260 Å². The van der Waals surface area contributed by atoms with Crippen LogP contribution in [0.3, 0.4) is 0 Å². The third kappa shape index (κ3) is 6.57. The van der Waals surface area contributed by atoms with Gasteiger partial charge in [0.2, 0.25) is 5.41 Å². The Morgan fingerprint density at radius 1 is 0.488 bits per heavy atom. The van der Waals surface area contributed by atoms with Crippen LogP contribution in [0, 0.1) is 0 Å². The van der Waals surface area contributed by atoms with Crippen LogP contribution in [-0.4, -0.2) is 24.2 Å². The van der Waals surface area contributed by atoms with Gasteiger partial charge < -0.3 is 10.6 Å². The van der Waals surface area contributed by atoms with E-state index >= 15 is 0 Å². The molecule has 4 aromatic rings. The summed E-state index contributed by atoms with van der Waals surface area (Å²) < 4.78 is 87.2. The lowest BCUT2D eigenvalue weighted by Crippen LogP contribution is -2.54. The van der Waals surface area contributed by atoms with Crippen LogP contribution in [0.1, 0.15) is 31.8 Å². The van der Waals surface area contributed by atoms with Crippen molar-refractivity contribution in [1.82, 2.24) is 0 Å². The normalized spacial score (nSPS) is 12.1. The van der Waals surface area contributed by atoms with E-state index in [1.54, 1.807) is 0 Å². The number of rotatable bonds is 6. The quantitative estimate of drug-likeness (QED) is 0.199. The van der Waals surface area contributed by atoms with Crippen molar-refractivity contribution >= 4 is 69.6 Å². The van der Waals surface area contributed by atoms with Crippen molar-refractivity contribution in [1.29, 1.82) is 0 Å². The number of anilines is 2. The zero-order chi connectivity index (χ0) is 31.7. The van der Waals surface area contributed by atoms with Crippen LogP contribution in [-0.2, 0) is 5.41 Å². The van der Waals surface area contributed by atoms with Crippen LogP contribution < -0.4 is 10.6 Å². The van der Waals surface area contributed by atoms with E-state index in [0.717, 1.165) is 24.3 Å². The number of benzene rings is 4. The van der Waals surface area contributed by atoms with Crippen molar-refractivity contribution < 1.29 is 35.9 Å². The molecule has 4 aromatic carbocycles. The van der Waals surface area contributed by atoms with E-state index in [0.29, 0.717) is 24.3 Å². The minimum Gasteiger partial charge on any atom is -0.322 e. The fraction of sp³-hybridized carbons (Fsp3) is 0.103. The molecule has 0 aliphatic heterocycles. The van der Waals surface area contributed by atoms with Crippen LogP contribution in [0.2, 0.25) is 20.1 Å². The third-order valence-corrected chi connectivity index (χ3v) is 7.84. The summed E-state index contributed by atoms with van der Waals surface area (Å²) in [5.74, 6) is -1.44. The molecular formula is C29H16Cl4F6N2O2. The third-order valence-electron chi connectivity index (χ3n) is 6.37. The van der Waals surface area contributed by atoms with E-state index < -0.39 is 40.7 Å². The van der Waals surface area contributed by atoms with Crippen molar-refractivity contribution in [3.05, 3.63) is 127 Å². The molecule has 0 radical (unpaired) electrons. The fourth-order valence-corrected chi connectivity index (χ4v) is 4.87. The standard InChI is InChI=1S/C29H16Cl4F6N2O2/c30-21-11-1-15(13-23(21)32)25(42)40-19-7-3-17(4-8-19)27(28(34,35)36,29(37,38)39)18-5-9-20(10-6-18)41-26(43)16-2-12-22(31)24(33)14-16/h1-14H,(H,40,42)(H,41,43). The maximum Gasteiger partial charge on any atom is 0.411 e. The summed E-state index contributed by atoms with van der Waals surface area (Å²) in [7, 11) is 0. The van der Waals surface area contributed by atoms with Crippen molar-refractivity contribution in [3.63, 3.8) is 0 Å². The predicted molar refractivity (Wildman–Crippen MR) is 155 cm³/mol. The second-order valence-electron chi connectivity index (χ2n) is 9.07. The number of carbonyl (C=O) groups is 2. The van der Waals surface area contributed by atoms with Crippen LogP contribution in [0.15, 0.2) is 84.9 Å². The van der Waals surface area contributed by atoms with Gasteiger partial charge in [-0.3, -0.25) is 9.59 Å². The predicted octanol–water partition coefficient (Wildman–Crippen LogP) is 10.2. The van der Waals surface area contributed by atoms with Gasteiger partial charge in [-0.15, -0.1) is 0 Å². The maximum atomic E-state index is 14.5. The van der Waals surface area contributed by atoms with Crippen molar-refractivity contribution in [2.45, 2.75) is 17.8 Å². The molecule has 0 spiro atoms. The summed E-state index contributed by atoms with van der Waals surface area (Å²) >= 11 is 23.4. The summed E-state index contributed by atoms with van der Waals surface area (Å²) in [5.41, 5.74) is -6.76. The Hall–Kier alpha value is -3.44. The number of hydrogen-bond acceptors (Lipinski definition) is 2. The number of halogens is 10. The lowest BCUT2D eigenvalue weighted by Gasteiger charge is -2.38. The molecule has 0 bridgehead atoms. The van der Waals surface area contributed by atoms with Crippen molar-refractivity contribution in [2.75, 3.05) is 10.6 Å². The molecule has 0 unspecified atom stereocenters. The van der Waals surface area contributed by atoms with Crippen LogP contribution in [0.4, 0.5) is 37.7 Å². The van der Waals surface area contributed by atoms with Crippen LogP contribution in [0.25, 0.3) is 0 Å². The SMILES string of the molecule is O=C(Nc1ccc(C(c2ccc(NC(=O)c3ccc(Cl)c(Cl)c3)cc2)(C(F)(F)F)C(F)(F)F)cc1)c1ccc(Cl)c(Cl)c1. The first-order valence-electron chi connectivity index (χ1n) is 11.9. The Morgan fingerprint density at radius 2 is 0.814 bits per heavy atom. The van der Waals surface area contributed by atoms with Gasteiger partial charge in [-0.05, 0) is 71.8 Å². The average molecular weight is 680 g/mol. The van der Waals surface area contributed by atoms with Gasteiger partial charge in [0, 0.05) is 22.5 Å². The second kappa shape index (κ2) is 12.3. The Bertz CT molecular complexity index is 1550. The molecule has 0 heterocycles. The lowest BCUT2D eigenvalue weighted by molar-refractivity contribution is -0.288. The first-order chi connectivity index (χ1) is 20.0. The highest BCUT2D eigenvalue weighted by molar-refractivity contribution is 6.42. The van der Waals surface area contributed by atoms with E-state index in [-0.39, 0.29) is 42.6 Å². The van der Waals surface area contributed by atoms with Crippen molar-refractivity contribution in [2.24, 2.45) is 0 Å². The van der Waals surface area contributed by atoms with Crippen LogP contribution >= 0.6 is 46.4 Å². The highest BCUT2D eigenvalue weighted by Gasteiger charge is 2.72. The number of nitrogens with one attached hydrogen (secondary N) is 2. The van der Waals surface area contributed by atoms with Gasteiger partial charge in [-0.25, -0.2) is 0 Å². The molecule has 2 N–H and O–H groups in total. The van der Waals surface area contributed by atoms with Crippen molar-refractivity contribution in [3.8, 4) is 0 Å². The summed E-state index contributed by atoms with van der Waals surface area (Å²) in [5, 5.41) is 5.28. The first-order valence-corrected chi connectivity index (χ1v) is 13.4. The van der Waals surface area contributed by atoms with Crippen LogP contribution in [0.5, 0.6) is 0 Å². The minimum absolute atomic E-state index is 0.0600. The molecule has 0 atom stereocenters. The van der Waals surface area contributed by atoms with E-state index in [4.69, 9.17) is 46.4 Å². The summed E-state index contributed by atoms with van der Waals surface area (Å²) in [6.45, 7) is 0. The zero-order valence-electron chi connectivity index (χ0n) is 21.2. The fourth-order valence-electron chi connectivity index (χ4n) is 4.27. The maximum absolute atomic E-state index is 14.5. The molecule has 4 nitrogen and oxygen atoms in total. The Morgan fingerprint density at radius 3 is 1.09 bits per heavy atom. The molecule has 0 fully saturated rings. The highest BCUT2D eigenvalue weighted by Crippen LogP contribution is 2.56. The molecule has 0 aromatic heterocycles. The smallest absolute Gasteiger partial charge is 0.322 e. The number of alkyl halides is 6. The first kappa shape index (κ1) is 32.5. The highest BCUT2D eigenvalue weighted by atomic mass is 35.5. The van der Waals surface area contributed by atoms with Gasteiger partial charge >= 0.3 is 12.4 Å². The molecule has 0 saturated heterocycles. The molecule has 0 aliphatic rings. The number of hydrogen-bond donors (Lipinski definition) is 2. The molecule has 43 heavy (non-hydrogen) atoms. The van der Waals surface area contributed by atoms with Gasteiger partial charge in [0.25, 0.3) is 11.8 Å². The topological polar surface area (TPSA) is 58.2 Å². The van der Waals surface area contributed by atoms with Gasteiger partial charge in [0.15, 0.2) is 0 Å². The van der Waals surface area contributed by atoms with E-state index in [9.17, 15) is 35.9 Å². The molecule has 0 saturated carbocycles. The second-order valence-corrected chi connectivity index (χ2v) is 10.7. The van der Waals surface area contributed by atoms with E-state index in [1.165, 1.54) is 36.4 Å². The molecule has 224 valence electrons. The number of amides is 2. The summed E-state index contributed by atoms with van der Waals surface area (Å²) in [4.78, 5) is 25.0. The zero-order valence-corrected chi connectivity index (χ0v) is 24.2. The minimum atomic E-state index is -5.85. The lowest BCUT2D eigenvalue weighted by atomic mass is 9.73. The molecule has 2 amide bonds. The molecular weight excluding hydrogens is 664 g/mol. The molecule has 14 heteroatoms. The average Bonchev–Trinajstić information content (AvgIpc) is 2.92. The van der Waals surface area contributed by atoms with Gasteiger partial charge in [-0.2, -0.15) is 26.3 Å². The van der Waals surface area contributed by atoms with E-state index in [2.05, 4.69) is 10.6 Å². The largest absolute Gasteiger partial charge is 0.411 e.